The fraction of sp³-hybridized carbons (Fsp3) is 0.944. The highest BCUT2D eigenvalue weighted by molar-refractivity contribution is 7.45. The molecule has 376 valence electrons. The van der Waals surface area contributed by atoms with Gasteiger partial charge in [-0.3, -0.25) is 9.36 Å². The van der Waals surface area contributed by atoms with Crippen LogP contribution in [0.2, 0.25) is 0 Å². The molecule has 0 heterocycles. The van der Waals surface area contributed by atoms with Crippen LogP contribution in [-0.2, 0) is 18.4 Å². The van der Waals surface area contributed by atoms with Crippen LogP contribution in [0.5, 0.6) is 0 Å². The average molecular weight is 913 g/mol. The van der Waals surface area contributed by atoms with E-state index in [-0.39, 0.29) is 19.1 Å². The standard InChI is InChI=1S/C54H109N2O6P/c1-6-8-10-12-14-16-18-20-21-22-23-24-25-26-27-28-29-30-31-32-33-34-36-38-40-42-44-46-48-54(58)55-52(51-62-63(59,60)61-50-49-56(3,4)5)53(57)47-45-43-41-39-37-35-19-17-15-13-11-9-7-2/h26-27,52-53,57H,6-25,28-51H2,1-5H3,(H-,55,58,59,60)/b27-26-. The van der Waals surface area contributed by atoms with E-state index in [4.69, 9.17) is 9.05 Å². The number of carbonyl (C=O) groups is 1. The Balaban J connectivity index is 4.06. The quantitative estimate of drug-likeness (QED) is 0.0272. The summed E-state index contributed by atoms with van der Waals surface area (Å²) >= 11 is 0. The summed E-state index contributed by atoms with van der Waals surface area (Å²) in [7, 11) is 1.32. The SMILES string of the molecule is CCCCCCCCCCCCCC/C=C\CCCCCCCCCCCCCCC(=O)NC(COP(=O)([O-])OCC[N+](C)(C)C)C(O)CCCCCCCCCCCCCCC. The van der Waals surface area contributed by atoms with Gasteiger partial charge in [-0.15, -0.1) is 0 Å². The molecule has 0 aliphatic rings. The van der Waals surface area contributed by atoms with Crippen molar-refractivity contribution in [2.45, 2.75) is 289 Å². The van der Waals surface area contributed by atoms with Crippen molar-refractivity contribution in [1.82, 2.24) is 5.32 Å². The van der Waals surface area contributed by atoms with Crippen molar-refractivity contribution >= 4 is 13.7 Å². The van der Waals surface area contributed by atoms with Crippen LogP contribution in [0.25, 0.3) is 0 Å². The summed E-state index contributed by atoms with van der Waals surface area (Å²) in [6, 6.07) is -0.797. The zero-order chi connectivity index (χ0) is 46.4. The number of aliphatic hydroxyl groups excluding tert-OH is 1. The second-order valence-electron chi connectivity index (χ2n) is 20.3. The van der Waals surface area contributed by atoms with Crippen LogP contribution in [0.3, 0.4) is 0 Å². The number of aliphatic hydroxyl groups is 1. The zero-order valence-corrected chi connectivity index (χ0v) is 43.7. The third-order valence-corrected chi connectivity index (χ3v) is 13.7. The molecule has 1 amide bonds. The minimum Gasteiger partial charge on any atom is -0.756 e. The Morgan fingerprint density at radius 3 is 1.24 bits per heavy atom. The molecule has 0 aromatic carbocycles. The van der Waals surface area contributed by atoms with E-state index in [1.165, 1.54) is 212 Å². The Kier molecular flexibility index (Phi) is 45.8. The third-order valence-electron chi connectivity index (χ3n) is 12.8. The van der Waals surface area contributed by atoms with Gasteiger partial charge in [-0.25, -0.2) is 0 Å². The molecule has 0 saturated carbocycles. The molecule has 0 aromatic heterocycles. The number of unbranched alkanes of at least 4 members (excludes halogenated alkanes) is 36. The molecule has 3 atom stereocenters. The minimum atomic E-state index is -4.56. The van der Waals surface area contributed by atoms with Crippen LogP contribution in [0, 0.1) is 0 Å². The Morgan fingerprint density at radius 2 is 0.873 bits per heavy atom. The van der Waals surface area contributed by atoms with Crippen LogP contribution in [0.1, 0.15) is 277 Å². The van der Waals surface area contributed by atoms with Gasteiger partial charge in [0.25, 0.3) is 7.82 Å². The first kappa shape index (κ1) is 62.2. The van der Waals surface area contributed by atoms with Crippen LogP contribution in [0.4, 0.5) is 0 Å². The van der Waals surface area contributed by atoms with Crippen LogP contribution in [0.15, 0.2) is 12.2 Å². The van der Waals surface area contributed by atoms with E-state index in [1.807, 2.05) is 21.1 Å². The molecular weight excluding hydrogens is 804 g/mol. The monoisotopic (exact) mass is 913 g/mol. The number of carbonyl (C=O) groups excluding carboxylic acids is 1. The number of phosphoric acid groups is 1. The molecule has 9 heteroatoms. The molecule has 0 rings (SSSR count). The molecule has 0 bridgehead atoms. The molecule has 3 unspecified atom stereocenters. The third kappa shape index (κ3) is 49.0. The number of rotatable bonds is 51. The van der Waals surface area contributed by atoms with Crippen molar-refractivity contribution in [1.29, 1.82) is 0 Å². The number of nitrogens with zero attached hydrogens (tertiary/aromatic N) is 1. The van der Waals surface area contributed by atoms with Crippen LogP contribution >= 0.6 is 7.82 Å². The molecule has 0 spiro atoms. The summed E-state index contributed by atoms with van der Waals surface area (Å²) in [5.74, 6) is -0.162. The van der Waals surface area contributed by atoms with Crippen LogP contribution < -0.4 is 10.2 Å². The van der Waals surface area contributed by atoms with Gasteiger partial charge in [0.15, 0.2) is 0 Å². The van der Waals surface area contributed by atoms with Gasteiger partial charge in [-0.05, 0) is 38.5 Å². The van der Waals surface area contributed by atoms with Gasteiger partial charge in [0.1, 0.15) is 13.2 Å². The van der Waals surface area contributed by atoms with Crippen molar-refractivity contribution in [2.75, 3.05) is 40.9 Å². The van der Waals surface area contributed by atoms with Gasteiger partial charge in [0.05, 0.1) is 39.9 Å². The van der Waals surface area contributed by atoms with Crippen LogP contribution in [-0.4, -0.2) is 68.5 Å². The summed E-state index contributed by atoms with van der Waals surface area (Å²) in [5, 5.41) is 14.0. The Hall–Kier alpha value is -0.760. The molecule has 0 fully saturated rings. The minimum absolute atomic E-state index is 0.0145. The summed E-state index contributed by atoms with van der Waals surface area (Å²) in [6.07, 6.45) is 55.3. The second-order valence-corrected chi connectivity index (χ2v) is 21.7. The van der Waals surface area contributed by atoms with Crippen molar-refractivity contribution in [3.8, 4) is 0 Å². The van der Waals surface area contributed by atoms with Crippen molar-refractivity contribution < 1.29 is 32.9 Å². The molecule has 0 aromatic rings. The molecule has 0 saturated heterocycles. The first-order valence-electron chi connectivity index (χ1n) is 27.5. The molecule has 0 aliphatic carbocycles. The number of amides is 1. The summed E-state index contributed by atoms with van der Waals surface area (Å²) < 4.78 is 23.3. The first-order valence-corrected chi connectivity index (χ1v) is 29.0. The maximum absolute atomic E-state index is 12.9. The number of nitrogens with one attached hydrogen (secondary N) is 1. The van der Waals surface area contributed by atoms with Crippen molar-refractivity contribution in [3.05, 3.63) is 12.2 Å². The fourth-order valence-corrected chi connectivity index (χ4v) is 9.11. The Morgan fingerprint density at radius 1 is 0.540 bits per heavy atom. The lowest BCUT2D eigenvalue weighted by atomic mass is 10.0. The summed E-state index contributed by atoms with van der Waals surface area (Å²) in [5.41, 5.74) is 0. The van der Waals surface area contributed by atoms with E-state index in [2.05, 4.69) is 31.3 Å². The summed E-state index contributed by atoms with van der Waals surface area (Å²) in [4.78, 5) is 25.4. The maximum atomic E-state index is 12.9. The number of hydrogen-bond acceptors (Lipinski definition) is 6. The first-order chi connectivity index (χ1) is 30.5. The van der Waals surface area contributed by atoms with E-state index >= 15 is 0 Å². The van der Waals surface area contributed by atoms with Gasteiger partial charge in [-0.1, -0.05) is 244 Å². The van der Waals surface area contributed by atoms with Gasteiger partial charge in [-0.2, -0.15) is 0 Å². The van der Waals surface area contributed by atoms with E-state index in [9.17, 15) is 19.4 Å². The van der Waals surface area contributed by atoms with Crippen molar-refractivity contribution in [3.63, 3.8) is 0 Å². The number of phosphoric ester groups is 1. The van der Waals surface area contributed by atoms with Gasteiger partial charge in [0.2, 0.25) is 5.91 Å². The number of allylic oxidation sites excluding steroid dienone is 2. The fourth-order valence-electron chi connectivity index (χ4n) is 8.39. The highest BCUT2D eigenvalue weighted by Crippen LogP contribution is 2.38. The lowest BCUT2D eigenvalue weighted by Crippen LogP contribution is -2.46. The molecule has 0 aliphatic heterocycles. The van der Waals surface area contributed by atoms with Gasteiger partial charge >= 0.3 is 0 Å². The number of hydrogen-bond donors (Lipinski definition) is 2. The molecule has 0 radical (unpaired) electrons. The average Bonchev–Trinajstić information content (AvgIpc) is 3.24. The second kappa shape index (κ2) is 46.4. The van der Waals surface area contributed by atoms with Crippen molar-refractivity contribution in [2.24, 2.45) is 0 Å². The zero-order valence-electron chi connectivity index (χ0n) is 42.8. The smallest absolute Gasteiger partial charge is 0.268 e. The summed E-state index contributed by atoms with van der Waals surface area (Å²) in [6.45, 7) is 4.75. The lowest BCUT2D eigenvalue weighted by molar-refractivity contribution is -0.870. The largest absolute Gasteiger partial charge is 0.756 e. The topological polar surface area (TPSA) is 108 Å². The Bertz CT molecular complexity index is 1040. The number of quaternary nitrogens is 1. The predicted molar refractivity (Wildman–Crippen MR) is 270 cm³/mol. The maximum Gasteiger partial charge on any atom is 0.268 e. The number of likely N-dealkylation sites (N-methyl/N-ethyl adjacent to an activating group) is 1. The highest BCUT2D eigenvalue weighted by Gasteiger charge is 2.24. The highest BCUT2D eigenvalue weighted by atomic mass is 31.2. The molecule has 2 N–H and O–H groups in total. The molecule has 8 nitrogen and oxygen atoms in total. The lowest BCUT2D eigenvalue weighted by Gasteiger charge is -2.30. The van der Waals surface area contributed by atoms with E-state index in [0.717, 1.165) is 38.5 Å². The molecular formula is C54H109N2O6P. The van der Waals surface area contributed by atoms with E-state index in [1.54, 1.807) is 0 Å². The normalized spacial score (nSPS) is 14.1. The van der Waals surface area contributed by atoms with E-state index in [0.29, 0.717) is 23.9 Å². The predicted octanol–water partition coefficient (Wildman–Crippen LogP) is 15.6. The Labute approximate surface area is 392 Å². The van der Waals surface area contributed by atoms with Gasteiger partial charge < -0.3 is 28.8 Å². The van der Waals surface area contributed by atoms with E-state index < -0.39 is 20.0 Å². The van der Waals surface area contributed by atoms with Gasteiger partial charge in [0, 0.05) is 6.42 Å². The molecule has 63 heavy (non-hydrogen) atoms.